The van der Waals surface area contributed by atoms with Crippen LogP contribution in [0.15, 0.2) is 12.3 Å². The van der Waals surface area contributed by atoms with Gasteiger partial charge in [-0.1, -0.05) is 19.1 Å². The number of thiocarbonyl (C=S) groups is 1. The van der Waals surface area contributed by atoms with Gasteiger partial charge in [-0.2, -0.15) is 0 Å². The lowest BCUT2D eigenvalue weighted by Gasteiger charge is -2.12. The highest BCUT2D eigenvalue weighted by molar-refractivity contribution is 7.80. The average Bonchev–Trinajstić information content (AvgIpc) is 2.54. The standard InChI is InChI=1S/C12H16N4S/c1-7-4-10-12(14-5-7)16(9(3)15-10)6-8(2)11(13)17/h4-5,8H,6H2,1-3H3,(H2,13,17). The van der Waals surface area contributed by atoms with Crippen LogP contribution in [0, 0.1) is 19.8 Å². The molecule has 0 aromatic carbocycles. The Morgan fingerprint density at radius 1 is 1.53 bits per heavy atom. The van der Waals surface area contributed by atoms with Gasteiger partial charge in [-0.25, -0.2) is 9.97 Å². The van der Waals surface area contributed by atoms with E-state index in [0.29, 0.717) is 4.99 Å². The first kappa shape index (κ1) is 12.0. The van der Waals surface area contributed by atoms with Crippen LogP contribution in [0.3, 0.4) is 0 Å². The van der Waals surface area contributed by atoms with Crippen molar-refractivity contribution in [1.29, 1.82) is 0 Å². The molecule has 0 aliphatic heterocycles. The average molecular weight is 248 g/mol. The summed E-state index contributed by atoms with van der Waals surface area (Å²) in [7, 11) is 0. The van der Waals surface area contributed by atoms with Crippen LogP contribution >= 0.6 is 12.2 Å². The minimum Gasteiger partial charge on any atom is -0.393 e. The first-order valence-corrected chi connectivity index (χ1v) is 5.98. The summed E-state index contributed by atoms with van der Waals surface area (Å²) in [5.74, 6) is 1.09. The maximum atomic E-state index is 5.65. The molecule has 2 N–H and O–H groups in total. The number of hydrogen-bond acceptors (Lipinski definition) is 3. The van der Waals surface area contributed by atoms with Crippen LogP contribution in [0.1, 0.15) is 18.3 Å². The highest BCUT2D eigenvalue weighted by Gasteiger charge is 2.13. The largest absolute Gasteiger partial charge is 0.393 e. The number of nitrogens with two attached hydrogens (primary N) is 1. The summed E-state index contributed by atoms with van der Waals surface area (Å²) >= 11 is 5.00. The number of pyridine rings is 1. The number of aromatic nitrogens is 3. The van der Waals surface area contributed by atoms with Gasteiger partial charge in [0.15, 0.2) is 5.65 Å². The zero-order chi connectivity index (χ0) is 12.6. The molecule has 0 fully saturated rings. The number of imidazole rings is 1. The molecule has 1 atom stereocenters. The van der Waals surface area contributed by atoms with E-state index in [4.69, 9.17) is 18.0 Å². The van der Waals surface area contributed by atoms with Crippen molar-refractivity contribution in [2.75, 3.05) is 0 Å². The van der Waals surface area contributed by atoms with Crippen molar-refractivity contribution < 1.29 is 0 Å². The van der Waals surface area contributed by atoms with Crippen LogP contribution in [0.5, 0.6) is 0 Å². The predicted octanol–water partition coefficient (Wildman–Crippen LogP) is 1.97. The second-order valence-electron chi connectivity index (χ2n) is 4.43. The molecule has 90 valence electrons. The maximum absolute atomic E-state index is 5.65. The number of hydrogen-bond donors (Lipinski definition) is 1. The normalized spacial score (nSPS) is 12.9. The Morgan fingerprint density at radius 3 is 2.88 bits per heavy atom. The van der Waals surface area contributed by atoms with Gasteiger partial charge in [-0.05, 0) is 25.5 Å². The summed E-state index contributed by atoms with van der Waals surface area (Å²) in [6.45, 7) is 6.73. The van der Waals surface area contributed by atoms with E-state index < -0.39 is 0 Å². The monoisotopic (exact) mass is 248 g/mol. The summed E-state index contributed by atoms with van der Waals surface area (Å²) in [6.07, 6.45) is 1.85. The predicted molar refractivity (Wildman–Crippen MR) is 73.0 cm³/mol. The third kappa shape index (κ3) is 2.29. The first-order chi connectivity index (χ1) is 7.99. The van der Waals surface area contributed by atoms with E-state index in [1.165, 1.54) is 0 Å². The second-order valence-corrected chi connectivity index (χ2v) is 4.90. The lowest BCUT2D eigenvalue weighted by molar-refractivity contribution is 0.595. The molecule has 0 radical (unpaired) electrons. The fourth-order valence-electron chi connectivity index (χ4n) is 1.81. The molecule has 1 unspecified atom stereocenters. The van der Waals surface area contributed by atoms with Crippen molar-refractivity contribution in [2.45, 2.75) is 27.3 Å². The van der Waals surface area contributed by atoms with Gasteiger partial charge in [0.2, 0.25) is 0 Å². The molecular weight excluding hydrogens is 232 g/mol. The Balaban J connectivity index is 2.46. The number of rotatable bonds is 3. The Morgan fingerprint density at radius 2 is 2.24 bits per heavy atom. The Hall–Kier alpha value is -1.49. The SMILES string of the molecule is Cc1cnc2c(c1)nc(C)n2CC(C)C(N)=S. The quantitative estimate of drug-likeness (QED) is 0.844. The molecule has 0 bridgehead atoms. The molecule has 5 heteroatoms. The Labute approximate surface area is 106 Å². The van der Waals surface area contributed by atoms with E-state index >= 15 is 0 Å². The molecule has 2 aromatic heterocycles. The van der Waals surface area contributed by atoms with Gasteiger partial charge in [0, 0.05) is 18.7 Å². The second kappa shape index (κ2) is 4.41. The summed E-state index contributed by atoms with van der Waals surface area (Å²) in [5, 5.41) is 0. The van der Waals surface area contributed by atoms with Gasteiger partial charge in [-0.3, -0.25) is 0 Å². The van der Waals surface area contributed by atoms with E-state index in [-0.39, 0.29) is 5.92 Å². The van der Waals surface area contributed by atoms with Gasteiger partial charge >= 0.3 is 0 Å². The van der Waals surface area contributed by atoms with Crippen LogP contribution < -0.4 is 5.73 Å². The van der Waals surface area contributed by atoms with Crippen LogP contribution in [0.2, 0.25) is 0 Å². The zero-order valence-electron chi connectivity index (χ0n) is 10.3. The van der Waals surface area contributed by atoms with E-state index in [0.717, 1.165) is 29.1 Å². The number of fused-ring (bicyclic) bond motifs is 1. The Kier molecular flexibility index (Phi) is 3.11. The van der Waals surface area contributed by atoms with E-state index in [1.54, 1.807) is 0 Å². The van der Waals surface area contributed by atoms with Crippen molar-refractivity contribution in [2.24, 2.45) is 11.7 Å². The number of aryl methyl sites for hydroxylation is 2. The molecule has 17 heavy (non-hydrogen) atoms. The van der Waals surface area contributed by atoms with Gasteiger partial charge in [-0.15, -0.1) is 0 Å². The zero-order valence-corrected chi connectivity index (χ0v) is 11.1. The third-order valence-electron chi connectivity index (χ3n) is 2.85. The third-order valence-corrected chi connectivity index (χ3v) is 3.26. The smallest absolute Gasteiger partial charge is 0.160 e. The summed E-state index contributed by atoms with van der Waals surface area (Å²) in [4.78, 5) is 9.46. The number of nitrogens with zero attached hydrogens (tertiary/aromatic N) is 3. The molecule has 2 heterocycles. The highest BCUT2D eigenvalue weighted by Crippen LogP contribution is 2.16. The van der Waals surface area contributed by atoms with Gasteiger partial charge < -0.3 is 10.3 Å². The lowest BCUT2D eigenvalue weighted by atomic mass is 10.2. The summed E-state index contributed by atoms with van der Waals surface area (Å²) < 4.78 is 2.07. The molecule has 2 rings (SSSR count). The van der Waals surface area contributed by atoms with Gasteiger partial charge in [0.1, 0.15) is 11.3 Å². The van der Waals surface area contributed by atoms with Crippen molar-refractivity contribution in [3.63, 3.8) is 0 Å². The maximum Gasteiger partial charge on any atom is 0.160 e. The topological polar surface area (TPSA) is 56.7 Å². The Bertz CT molecular complexity index is 573. The van der Waals surface area contributed by atoms with Crippen molar-refractivity contribution in [3.05, 3.63) is 23.7 Å². The van der Waals surface area contributed by atoms with Gasteiger partial charge in [0.25, 0.3) is 0 Å². The molecule has 0 aliphatic rings. The summed E-state index contributed by atoms with van der Waals surface area (Å²) in [6, 6.07) is 2.04. The molecule has 0 saturated heterocycles. The molecule has 0 saturated carbocycles. The highest BCUT2D eigenvalue weighted by atomic mass is 32.1. The minimum absolute atomic E-state index is 0.143. The molecule has 0 amide bonds. The van der Waals surface area contributed by atoms with Gasteiger partial charge in [0.05, 0.1) is 4.99 Å². The molecule has 0 aliphatic carbocycles. The molecule has 2 aromatic rings. The van der Waals surface area contributed by atoms with E-state index in [1.807, 2.05) is 33.0 Å². The van der Waals surface area contributed by atoms with Crippen LogP contribution in [-0.2, 0) is 6.54 Å². The van der Waals surface area contributed by atoms with Crippen molar-refractivity contribution in [3.8, 4) is 0 Å². The van der Waals surface area contributed by atoms with Crippen molar-refractivity contribution >= 4 is 28.4 Å². The molecule has 0 spiro atoms. The van der Waals surface area contributed by atoms with Crippen molar-refractivity contribution in [1.82, 2.24) is 14.5 Å². The summed E-state index contributed by atoms with van der Waals surface area (Å²) in [5.41, 5.74) is 8.59. The van der Waals surface area contributed by atoms with Crippen LogP contribution in [-0.4, -0.2) is 19.5 Å². The van der Waals surface area contributed by atoms with Crippen LogP contribution in [0.25, 0.3) is 11.2 Å². The fourth-order valence-corrected chi connectivity index (χ4v) is 1.88. The molecular formula is C12H16N4S. The van der Waals surface area contributed by atoms with E-state index in [9.17, 15) is 0 Å². The first-order valence-electron chi connectivity index (χ1n) is 5.58. The lowest BCUT2D eigenvalue weighted by Crippen LogP contribution is -2.23. The fraction of sp³-hybridized carbons (Fsp3) is 0.417. The van der Waals surface area contributed by atoms with E-state index in [2.05, 4.69) is 14.5 Å². The minimum atomic E-state index is 0.143. The molecule has 4 nitrogen and oxygen atoms in total. The van der Waals surface area contributed by atoms with Crippen LogP contribution in [0.4, 0.5) is 0 Å².